The minimum atomic E-state index is -4.51. The first-order valence-electron chi connectivity index (χ1n) is 7.93. The van der Waals surface area contributed by atoms with Crippen LogP contribution >= 0.6 is 0 Å². The first-order valence-corrected chi connectivity index (χ1v) is 7.93. The van der Waals surface area contributed by atoms with E-state index in [-0.39, 0.29) is 0 Å². The number of nitrogens with zero attached hydrogens (tertiary/aromatic N) is 4. The van der Waals surface area contributed by atoms with Gasteiger partial charge in [-0.1, -0.05) is 0 Å². The van der Waals surface area contributed by atoms with Gasteiger partial charge in [-0.25, -0.2) is 4.98 Å². The van der Waals surface area contributed by atoms with Gasteiger partial charge in [0.2, 0.25) is 11.9 Å². The molecule has 1 fully saturated rings. The van der Waals surface area contributed by atoms with Crippen LogP contribution in [0.4, 0.5) is 30.6 Å². The number of hydrogen-bond donors (Lipinski definition) is 3. The van der Waals surface area contributed by atoms with Crippen LogP contribution in [0.5, 0.6) is 0 Å². The highest BCUT2D eigenvalue weighted by Gasteiger charge is 2.45. The van der Waals surface area contributed by atoms with Crippen molar-refractivity contribution >= 4 is 23.4 Å². The van der Waals surface area contributed by atoms with Gasteiger partial charge in [0.15, 0.2) is 0 Å². The number of halogens is 3. The number of amides is 1. The topological polar surface area (TPSA) is 96.8 Å². The maximum Gasteiger partial charge on any atom is 0.397 e. The maximum absolute atomic E-state index is 12.3. The van der Waals surface area contributed by atoms with Crippen molar-refractivity contribution in [1.82, 2.24) is 25.1 Å². The highest BCUT2D eigenvalue weighted by atomic mass is 19.4. The average molecular weight is 369 g/mol. The van der Waals surface area contributed by atoms with Gasteiger partial charge >= 0.3 is 6.18 Å². The molecule has 1 aliphatic carbocycles. The van der Waals surface area contributed by atoms with Gasteiger partial charge < -0.3 is 16.0 Å². The highest BCUT2D eigenvalue weighted by Crippen LogP contribution is 2.36. The lowest BCUT2D eigenvalue weighted by Gasteiger charge is -2.19. The first kappa shape index (κ1) is 18.0. The standard InChI is InChI=1S/C15H18F3N7O/c1-25-8-10(7-21-25)22-13-19-5-2-11(23-13)20-9-14(3-4-14)24-12(26)6-15(16,17)18/h2,5,7-8H,3-4,6,9H2,1H3,(H,24,26)(H2,19,20,22,23). The zero-order valence-electron chi connectivity index (χ0n) is 14.0. The van der Waals surface area contributed by atoms with E-state index >= 15 is 0 Å². The van der Waals surface area contributed by atoms with Crippen molar-refractivity contribution in [2.45, 2.75) is 31.0 Å². The fourth-order valence-corrected chi connectivity index (χ4v) is 2.41. The predicted molar refractivity (Wildman–Crippen MR) is 87.8 cm³/mol. The Balaban J connectivity index is 1.54. The molecule has 0 spiro atoms. The summed E-state index contributed by atoms with van der Waals surface area (Å²) < 4.78 is 38.4. The Morgan fingerprint density at radius 1 is 1.38 bits per heavy atom. The lowest BCUT2D eigenvalue weighted by molar-refractivity contribution is -0.154. The largest absolute Gasteiger partial charge is 0.397 e. The van der Waals surface area contributed by atoms with Gasteiger partial charge in [0.1, 0.15) is 12.2 Å². The van der Waals surface area contributed by atoms with E-state index < -0.39 is 24.0 Å². The number of aromatic nitrogens is 4. The van der Waals surface area contributed by atoms with Crippen LogP contribution in [-0.4, -0.2) is 43.9 Å². The van der Waals surface area contributed by atoms with Crippen molar-refractivity contribution in [3.8, 4) is 0 Å². The fraction of sp³-hybridized carbons (Fsp3) is 0.467. The van der Waals surface area contributed by atoms with E-state index in [1.165, 1.54) is 0 Å². The van der Waals surface area contributed by atoms with Crippen LogP contribution in [-0.2, 0) is 11.8 Å². The zero-order valence-corrected chi connectivity index (χ0v) is 14.0. The van der Waals surface area contributed by atoms with E-state index in [1.807, 2.05) is 0 Å². The molecule has 1 saturated carbocycles. The number of aryl methyl sites for hydroxylation is 1. The second kappa shape index (κ2) is 6.81. The van der Waals surface area contributed by atoms with Crippen LogP contribution in [0.15, 0.2) is 24.7 Å². The Kier molecular flexibility index (Phi) is 4.70. The monoisotopic (exact) mass is 369 g/mol. The van der Waals surface area contributed by atoms with Crippen LogP contribution in [0.1, 0.15) is 19.3 Å². The molecule has 11 heteroatoms. The lowest BCUT2D eigenvalue weighted by Crippen LogP contribution is -2.43. The number of anilines is 3. The van der Waals surface area contributed by atoms with Crippen molar-refractivity contribution < 1.29 is 18.0 Å². The molecule has 0 aliphatic heterocycles. The lowest BCUT2D eigenvalue weighted by atomic mass is 10.2. The van der Waals surface area contributed by atoms with Gasteiger partial charge in [-0.05, 0) is 18.9 Å². The smallest absolute Gasteiger partial charge is 0.368 e. The molecule has 26 heavy (non-hydrogen) atoms. The number of hydrogen-bond acceptors (Lipinski definition) is 6. The van der Waals surface area contributed by atoms with E-state index in [9.17, 15) is 18.0 Å². The molecule has 2 aromatic rings. The molecule has 0 radical (unpaired) electrons. The van der Waals surface area contributed by atoms with E-state index in [1.54, 1.807) is 36.4 Å². The van der Waals surface area contributed by atoms with Gasteiger partial charge in [-0.15, -0.1) is 0 Å². The minimum absolute atomic E-state index is 0.292. The molecule has 0 aromatic carbocycles. The van der Waals surface area contributed by atoms with Gasteiger partial charge in [-0.2, -0.15) is 23.3 Å². The Morgan fingerprint density at radius 3 is 2.77 bits per heavy atom. The normalized spacial score (nSPS) is 15.4. The third-order valence-electron chi connectivity index (χ3n) is 3.84. The Morgan fingerprint density at radius 2 is 2.15 bits per heavy atom. The maximum atomic E-state index is 12.3. The number of carbonyl (C=O) groups excluding carboxylic acids is 1. The van der Waals surface area contributed by atoms with Crippen LogP contribution in [0, 0.1) is 0 Å². The number of carbonyl (C=O) groups is 1. The van der Waals surface area contributed by atoms with Crippen molar-refractivity contribution in [1.29, 1.82) is 0 Å². The Hall–Kier alpha value is -2.85. The molecule has 3 N–H and O–H groups in total. The predicted octanol–water partition coefficient (Wildman–Crippen LogP) is 1.97. The summed E-state index contributed by atoms with van der Waals surface area (Å²) >= 11 is 0. The first-order chi connectivity index (χ1) is 12.2. The van der Waals surface area contributed by atoms with E-state index in [4.69, 9.17) is 0 Å². The summed E-state index contributed by atoms with van der Waals surface area (Å²) in [6, 6.07) is 1.64. The van der Waals surface area contributed by atoms with E-state index in [0.29, 0.717) is 31.2 Å². The Labute approximate surface area is 147 Å². The average Bonchev–Trinajstić information content (AvgIpc) is 3.17. The van der Waals surface area contributed by atoms with Gasteiger partial charge in [0.05, 0.1) is 17.4 Å². The van der Waals surface area contributed by atoms with Crippen molar-refractivity contribution in [3.63, 3.8) is 0 Å². The van der Waals surface area contributed by atoms with Crippen LogP contribution < -0.4 is 16.0 Å². The Bertz CT molecular complexity index is 786. The van der Waals surface area contributed by atoms with Crippen LogP contribution in [0.25, 0.3) is 0 Å². The van der Waals surface area contributed by atoms with Gasteiger partial charge in [-0.3, -0.25) is 9.48 Å². The van der Waals surface area contributed by atoms with E-state index in [2.05, 4.69) is 31.0 Å². The molecule has 1 amide bonds. The second-order valence-electron chi connectivity index (χ2n) is 6.27. The molecule has 8 nitrogen and oxygen atoms in total. The zero-order chi connectivity index (χ0) is 18.8. The highest BCUT2D eigenvalue weighted by molar-refractivity contribution is 5.78. The summed E-state index contributed by atoms with van der Waals surface area (Å²) in [6.45, 7) is 0.292. The molecule has 140 valence electrons. The molecule has 2 aromatic heterocycles. The third kappa shape index (κ3) is 5.07. The summed E-state index contributed by atoms with van der Waals surface area (Å²) in [5.74, 6) is -0.157. The molecule has 0 bridgehead atoms. The van der Waals surface area contributed by atoms with E-state index in [0.717, 1.165) is 5.69 Å². The third-order valence-corrected chi connectivity index (χ3v) is 3.84. The number of nitrogens with one attached hydrogen (secondary N) is 3. The summed E-state index contributed by atoms with van der Waals surface area (Å²) in [5, 5.41) is 12.5. The number of alkyl halides is 3. The molecular formula is C15H18F3N7O. The second-order valence-corrected chi connectivity index (χ2v) is 6.27. The summed E-state index contributed by atoms with van der Waals surface area (Å²) in [7, 11) is 1.78. The van der Waals surface area contributed by atoms with Crippen molar-refractivity contribution in [2.24, 2.45) is 7.05 Å². The molecule has 1 aliphatic rings. The molecule has 2 heterocycles. The van der Waals surface area contributed by atoms with Gasteiger partial charge in [0, 0.05) is 26.0 Å². The SMILES string of the molecule is Cn1cc(Nc2nccc(NCC3(NC(=O)CC(F)(F)F)CC3)n2)cn1. The summed E-state index contributed by atoms with van der Waals surface area (Å²) in [6.07, 6.45) is 0.201. The molecule has 0 saturated heterocycles. The summed E-state index contributed by atoms with van der Waals surface area (Å²) in [5.41, 5.74) is 0.0762. The minimum Gasteiger partial charge on any atom is -0.368 e. The van der Waals surface area contributed by atoms with Crippen LogP contribution in [0.3, 0.4) is 0 Å². The number of rotatable bonds is 7. The van der Waals surface area contributed by atoms with Gasteiger partial charge in [0.25, 0.3) is 0 Å². The molecular weight excluding hydrogens is 351 g/mol. The molecule has 3 rings (SSSR count). The summed E-state index contributed by atoms with van der Waals surface area (Å²) in [4.78, 5) is 19.9. The fourth-order valence-electron chi connectivity index (χ4n) is 2.41. The van der Waals surface area contributed by atoms with Crippen molar-refractivity contribution in [3.05, 3.63) is 24.7 Å². The quantitative estimate of drug-likeness (QED) is 0.691. The van der Waals surface area contributed by atoms with Crippen molar-refractivity contribution in [2.75, 3.05) is 17.2 Å². The van der Waals surface area contributed by atoms with Crippen LogP contribution in [0.2, 0.25) is 0 Å². The molecule has 0 unspecified atom stereocenters. The molecule has 0 atom stereocenters.